The molecule has 1 aromatic carbocycles. The van der Waals surface area contributed by atoms with Crippen LogP contribution in [0.2, 0.25) is 0 Å². The van der Waals surface area contributed by atoms with Crippen LogP contribution in [0.1, 0.15) is 12.2 Å². The summed E-state index contributed by atoms with van der Waals surface area (Å²) in [6, 6.07) is 4.30. The lowest BCUT2D eigenvalue weighted by Gasteiger charge is -2.20. The van der Waals surface area contributed by atoms with Crippen molar-refractivity contribution in [3.63, 3.8) is 0 Å². The van der Waals surface area contributed by atoms with E-state index in [4.69, 9.17) is 4.74 Å². The number of nitrogens with one attached hydrogen (secondary N) is 1. The minimum absolute atomic E-state index is 0.0710. The number of H-pyrrole nitrogens is 1. The average molecular weight is 348 g/mol. The summed E-state index contributed by atoms with van der Waals surface area (Å²) in [6.45, 7) is 1.27. The Balaban J connectivity index is 1.45. The number of aromatic amines is 1. The molecular weight excluding hydrogens is 327 g/mol. The molecule has 0 radical (unpaired) electrons. The van der Waals surface area contributed by atoms with E-state index in [0.717, 1.165) is 0 Å². The molecule has 0 spiro atoms. The Morgan fingerprint density at radius 2 is 2.32 bits per heavy atom. The van der Waals surface area contributed by atoms with Crippen molar-refractivity contribution in [2.24, 2.45) is 5.92 Å². The molecule has 2 amide bonds. The Bertz CT molecular complexity index is 791. The van der Waals surface area contributed by atoms with Crippen LogP contribution >= 0.6 is 0 Å². The Labute approximate surface area is 144 Å². The number of ether oxygens (including phenoxy) is 1. The first-order chi connectivity index (χ1) is 11.9. The van der Waals surface area contributed by atoms with E-state index < -0.39 is 0 Å². The molecule has 25 heavy (non-hydrogen) atoms. The predicted molar refractivity (Wildman–Crippen MR) is 89.1 cm³/mol. The quantitative estimate of drug-likeness (QED) is 0.850. The largest absolute Gasteiger partial charge is 0.364 e. The van der Waals surface area contributed by atoms with Gasteiger partial charge in [-0.25, -0.2) is 9.37 Å². The maximum atomic E-state index is 13.2. The van der Waals surface area contributed by atoms with Crippen molar-refractivity contribution in [2.75, 3.05) is 33.8 Å². The molecule has 134 valence electrons. The normalized spacial score (nSPS) is 17.5. The molecule has 1 saturated heterocycles. The highest BCUT2D eigenvalue weighted by Gasteiger charge is 2.28. The number of likely N-dealkylation sites (N-methyl/N-ethyl adjacent to an activating group) is 1. The Hall–Kier alpha value is -2.48. The van der Waals surface area contributed by atoms with Crippen LogP contribution in [-0.2, 0) is 20.9 Å². The molecule has 0 aliphatic carbocycles. The van der Waals surface area contributed by atoms with Crippen LogP contribution < -0.4 is 0 Å². The first-order valence-corrected chi connectivity index (χ1v) is 8.12. The third-order valence-corrected chi connectivity index (χ3v) is 4.34. The fraction of sp³-hybridized carbons (Fsp3) is 0.471. The van der Waals surface area contributed by atoms with E-state index in [2.05, 4.69) is 9.97 Å². The van der Waals surface area contributed by atoms with Gasteiger partial charge in [0.15, 0.2) is 0 Å². The van der Waals surface area contributed by atoms with Gasteiger partial charge in [-0.15, -0.1) is 0 Å². The van der Waals surface area contributed by atoms with Gasteiger partial charge in [0, 0.05) is 39.5 Å². The standard InChI is InChI=1S/C17H21FN4O3/c1-21-7-11(5-16(21)23)8-22(2)17(24)10-25-9-15-19-13-4-3-12(18)6-14(13)20-15/h3-4,6,11H,5,7-10H2,1-2H3,(H,19,20)/t11-/m1/s1. The number of likely N-dealkylation sites (tertiary alicyclic amines) is 1. The van der Waals surface area contributed by atoms with Crippen LogP contribution in [0.15, 0.2) is 18.2 Å². The fourth-order valence-corrected chi connectivity index (χ4v) is 3.02. The minimum atomic E-state index is -0.337. The molecule has 8 heteroatoms. The molecule has 0 bridgehead atoms. The molecule has 1 N–H and O–H groups in total. The lowest BCUT2D eigenvalue weighted by atomic mass is 10.1. The number of amides is 2. The van der Waals surface area contributed by atoms with Gasteiger partial charge >= 0.3 is 0 Å². The van der Waals surface area contributed by atoms with Crippen molar-refractivity contribution in [3.05, 3.63) is 29.8 Å². The van der Waals surface area contributed by atoms with Gasteiger partial charge in [0.2, 0.25) is 11.8 Å². The first-order valence-electron chi connectivity index (χ1n) is 8.12. The Morgan fingerprint density at radius 1 is 1.52 bits per heavy atom. The number of nitrogens with zero attached hydrogens (tertiary/aromatic N) is 3. The van der Waals surface area contributed by atoms with Crippen molar-refractivity contribution in [3.8, 4) is 0 Å². The smallest absolute Gasteiger partial charge is 0.248 e. The summed E-state index contributed by atoms with van der Waals surface area (Å²) in [5.41, 5.74) is 1.25. The number of carbonyl (C=O) groups excluding carboxylic acids is 2. The van der Waals surface area contributed by atoms with Crippen LogP contribution in [0.3, 0.4) is 0 Å². The number of halogens is 1. The highest BCUT2D eigenvalue weighted by atomic mass is 19.1. The molecule has 3 rings (SSSR count). The maximum Gasteiger partial charge on any atom is 0.248 e. The summed E-state index contributed by atoms with van der Waals surface area (Å²) in [7, 11) is 3.48. The first kappa shape index (κ1) is 17.3. The van der Waals surface area contributed by atoms with Gasteiger partial charge < -0.3 is 19.5 Å². The topological polar surface area (TPSA) is 78.5 Å². The third kappa shape index (κ3) is 4.14. The van der Waals surface area contributed by atoms with Crippen LogP contribution in [-0.4, -0.2) is 65.4 Å². The highest BCUT2D eigenvalue weighted by Crippen LogP contribution is 2.17. The van der Waals surface area contributed by atoms with Crippen LogP contribution in [0.25, 0.3) is 11.0 Å². The fourth-order valence-electron chi connectivity index (χ4n) is 3.02. The molecule has 1 atom stereocenters. The zero-order chi connectivity index (χ0) is 18.0. The van der Waals surface area contributed by atoms with Crippen molar-refractivity contribution in [1.82, 2.24) is 19.8 Å². The van der Waals surface area contributed by atoms with Crippen LogP contribution in [0.4, 0.5) is 4.39 Å². The van der Waals surface area contributed by atoms with E-state index in [1.54, 1.807) is 30.0 Å². The molecule has 1 aliphatic heterocycles. The number of aromatic nitrogens is 2. The van der Waals surface area contributed by atoms with Gasteiger partial charge in [-0.1, -0.05) is 0 Å². The molecule has 0 unspecified atom stereocenters. The summed E-state index contributed by atoms with van der Waals surface area (Å²) in [5.74, 6) is 0.333. The lowest BCUT2D eigenvalue weighted by Crippen LogP contribution is -2.35. The van der Waals surface area contributed by atoms with Gasteiger partial charge in [0.1, 0.15) is 24.9 Å². The summed E-state index contributed by atoms with van der Waals surface area (Å²) in [6.07, 6.45) is 0.477. The molecule has 1 aromatic heterocycles. The van der Waals surface area contributed by atoms with Crippen molar-refractivity contribution in [1.29, 1.82) is 0 Å². The van der Waals surface area contributed by atoms with Crippen molar-refractivity contribution < 1.29 is 18.7 Å². The molecule has 0 saturated carbocycles. The number of imidazole rings is 1. The molecule has 2 heterocycles. The molecular formula is C17H21FN4O3. The van der Waals surface area contributed by atoms with Gasteiger partial charge in [0.05, 0.1) is 11.0 Å². The Kier molecular flexibility index (Phi) is 4.98. The zero-order valence-electron chi connectivity index (χ0n) is 14.3. The number of hydrogen-bond donors (Lipinski definition) is 1. The van der Waals surface area contributed by atoms with Gasteiger partial charge in [-0.3, -0.25) is 9.59 Å². The third-order valence-electron chi connectivity index (χ3n) is 4.34. The van der Waals surface area contributed by atoms with E-state index in [1.165, 1.54) is 12.1 Å². The zero-order valence-corrected chi connectivity index (χ0v) is 14.3. The van der Waals surface area contributed by atoms with E-state index in [0.29, 0.717) is 36.4 Å². The number of fused-ring (bicyclic) bond motifs is 1. The summed E-state index contributed by atoms with van der Waals surface area (Å²) in [5, 5.41) is 0. The van der Waals surface area contributed by atoms with E-state index in [9.17, 15) is 14.0 Å². The van der Waals surface area contributed by atoms with E-state index in [1.807, 2.05) is 0 Å². The predicted octanol–water partition coefficient (Wildman–Crippen LogP) is 1.16. The second-order valence-corrected chi connectivity index (χ2v) is 6.46. The number of hydrogen-bond acceptors (Lipinski definition) is 4. The summed E-state index contributed by atoms with van der Waals surface area (Å²) < 4.78 is 18.6. The summed E-state index contributed by atoms with van der Waals surface area (Å²) >= 11 is 0. The van der Waals surface area contributed by atoms with E-state index in [-0.39, 0.29) is 36.8 Å². The molecule has 1 aliphatic rings. The van der Waals surface area contributed by atoms with Crippen molar-refractivity contribution >= 4 is 22.8 Å². The molecule has 7 nitrogen and oxygen atoms in total. The number of rotatable bonds is 6. The SMILES string of the molecule is CN(C[C@@H]1CC(=O)N(C)C1)C(=O)COCc1nc2ccc(F)cc2[nH]1. The molecule has 2 aromatic rings. The van der Waals surface area contributed by atoms with E-state index >= 15 is 0 Å². The lowest BCUT2D eigenvalue weighted by molar-refractivity contribution is -0.136. The minimum Gasteiger partial charge on any atom is -0.364 e. The second-order valence-electron chi connectivity index (χ2n) is 6.46. The maximum absolute atomic E-state index is 13.2. The Morgan fingerprint density at radius 3 is 3.04 bits per heavy atom. The van der Waals surface area contributed by atoms with Gasteiger partial charge in [-0.05, 0) is 18.2 Å². The highest BCUT2D eigenvalue weighted by molar-refractivity contribution is 5.79. The molecule has 1 fully saturated rings. The monoisotopic (exact) mass is 348 g/mol. The average Bonchev–Trinajstić information content (AvgIpc) is 3.09. The van der Waals surface area contributed by atoms with Crippen LogP contribution in [0, 0.1) is 11.7 Å². The van der Waals surface area contributed by atoms with Gasteiger partial charge in [-0.2, -0.15) is 0 Å². The van der Waals surface area contributed by atoms with Gasteiger partial charge in [0.25, 0.3) is 0 Å². The second kappa shape index (κ2) is 7.18. The van der Waals surface area contributed by atoms with Crippen LogP contribution in [0.5, 0.6) is 0 Å². The number of carbonyl (C=O) groups is 2. The van der Waals surface area contributed by atoms with Crippen molar-refractivity contribution in [2.45, 2.75) is 13.0 Å². The number of benzene rings is 1. The summed E-state index contributed by atoms with van der Waals surface area (Å²) in [4.78, 5) is 34.2.